The van der Waals surface area contributed by atoms with Crippen LogP contribution in [0.2, 0.25) is 0 Å². The van der Waals surface area contributed by atoms with E-state index < -0.39 is 0 Å². The molecule has 0 aliphatic carbocycles. The summed E-state index contributed by atoms with van der Waals surface area (Å²) in [4.78, 5) is 0. The second-order valence-electron chi connectivity index (χ2n) is 5.56. The summed E-state index contributed by atoms with van der Waals surface area (Å²) in [6.07, 6.45) is 2.33. The van der Waals surface area contributed by atoms with Crippen LogP contribution in [0.5, 0.6) is 0 Å². The Hall–Kier alpha value is -1.33. The number of hydrogen-bond acceptors (Lipinski definition) is 2. The smallest absolute Gasteiger partial charge is 0.0924 e. The molecule has 1 N–H and O–H groups in total. The van der Waals surface area contributed by atoms with Crippen LogP contribution in [0.1, 0.15) is 45.2 Å². The maximum absolute atomic E-state index is 8.79. The van der Waals surface area contributed by atoms with Gasteiger partial charge in [-0.3, -0.25) is 0 Å². The molecule has 1 unspecified atom stereocenters. The molecule has 0 aliphatic heterocycles. The average Bonchev–Trinajstić information content (AvgIpc) is 2.37. The Morgan fingerprint density at radius 3 is 2.39 bits per heavy atom. The van der Waals surface area contributed by atoms with Gasteiger partial charge in [-0.25, -0.2) is 0 Å². The molecule has 1 aromatic carbocycles. The lowest BCUT2D eigenvalue weighted by atomic mass is 9.84. The Bertz CT molecular complexity index is 398. The van der Waals surface area contributed by atoms with Gasteiger partial charge in [-0.05, 0) is 24.5 Å². The van der Waals surface area contributed by atoms with Gasteiger partial charge < -0.3 is 5.32 Å². The molecule has 1 atom stereocenters. The molecule has 0 saturated carbocycles. The summed E-state index contributed by atoms with van der Waals surface area (Å²) in [5.41, 5.74) is 2.77. The average molecular weight is 244 g/mol. The maximum atomic E-state index is 8.79. The van der Waals surface area contributed by atoms with Crippen LogP contribution in [0.25, 0.3) is 0 Å². The number of nitrogens with one attached hydrogen (secondary N) is 1. The molecule has 0 amide bonds. The lowest BCUT2D eigenvalue weighted by molar-refractivity contribution is 0.457. The highest BCUT2D eigenvalue weighted by Gasteiger charge is 2.20. The molecule has 1 aromatic rings. The molecule has 2 nitrogen and oxygen atoms in total. The van der Waals surface area contributed by atoms with Gasteiger partial charge in [-0.15, -0.1) is 0 Å². The van der Waals surface area contributed by atoms with Gasteiger partial charge in [0.1, 0.15) is 0 Å². The summed E-state index contributed by atoms with van der Waals surface area (Å²) < 4.78 is 0. The van der Waals surface area contributed by atoms with Crippen molar-refractivity contribution in [1.82, 2.24) is 5.32 Å². The van der Waals surface area contributed by atoms with E-state index in [2.05, 4.69) is 56.4 Å². The van der Waals surface area contributed by atoms with Gasteiger partial charge in [-0.2, -0.15) is 5.26 Å². The molecule has 0 bridgehead atoms. The van der Waals surface area contributed by atoms with E-state index in [4.69, 9.17) is 5.26 Å². The zero-order valence-electron chi connectivity index (χ0n) is 12.0. The van der Waals surface area contributed by atoms with Gasteiger partial charge >= 0.3 is 0 Å². The van der Waals surface area contributed by atoms with Crippen molar-refractivity contribution in [3.63, 3.8) is 0 Å². The van der Waals surface area contributed by atoms with Crippen LogP contribution in [-0.2, 0) is 11.8 Å². The van der Waals surface area contributed by atoms with Crippen molar-refractivity contribution in [2.75, 3.05) is 6.54 Å². The van der Waals surface area contributed by atoms with Gasteiger partial charge in [0.25, 0.3) is 0 Å². The fraction of sp³-hybridized carbons (Fsp3) is 0.562. The van der Waals surface area contributed by atoms with E-state index >= 15 is 0 Å². The summed E-state index contributed by atoms with van der Waals surface area (Å²) in [5, 5.41) is 12.0. The second-order valence-corrected chi connectivity index (χ2v) is 5.56. The Balaban J connectivity index is 2.69. The van der Waals surface area contributed by atoms with Gasteiger partial charge in [0.05, 0.1) is 12.1 Å². The van der Waals surface area contributed by atoms with Crippen LogP contribution < -0.4 is 5.32 Å². The summed E-state index contributed by atoms with van der Waals surface area (Å²) in [7, 11) is 0. The number of aryl methyl sites for hydroxylation is 1. The molecular formula is C16H24N2. The number of hydrogen-bond donors (Lipinski definition) is 1. The van der Waals surface area contributed by atoms with Crippen molar-refractivity contribution in [3.05, 3.63) is 35.4 Å². The van der Waals surface area contributed by atoms with E-state index in [1.807, 2.05) is 6.92 Å². The van der Waals surface area contributed by atoms with Gasteiger partial charge in [0.15, 0.2) is 0 Å². The third kappa shape index (κ3) is 4.16. The zero-order chi connectivity index (χ0) is 13.6. The summed E-state index contributed by atoms with van der Waals surface area (Å²) in [5.74, 6) is 0. The van der Waals surface area contributed by atoms with Crippen molar-refractivity contribution in [1.29, 1.82) is 5.26 Å². The molecule has 18 heavy (non-hydrogen) atoms. The van der Waals surface area contributed by atoms with Crippen LogP contribution in [0, 0.1) is 11.3 Å². The first-order chi connectivity index (χ1) is 8.49. The summed E-state index contributed by atoms with van der Waals surface area (Å²) in [6.45, 7) is 9.32. The number of rotatable bonds is 6. The fourth-order valence-corrected chi connectivity index (χ4v) is 1.97. The predicted octanol–water partition coefficient (Wildman–Crippen LogP) is 3.42. The van der Waals surface area contributed by atoms with E-state index in [9.17, 15) is 0 Å². The maximum Gasteiger partial charge on any atom is 0.0924 e. The molecule has 0 radical (unpaired) electrons. The first-order valence-electron chi connectivity index (χ1n) is 6.72. The third-order valence-electron chi connectivity index (χ3n) is 3.32. The normalized spacial score (nSPS) is 13.1. The van der Waals surface area contributed by atoms with Crippen molar-refractivity contribution in [3.8, 4) is 6.07 Å². The standard InChI is InChI=1S/C16H24N2/c1-5-6-14-7-9-15(10-8-14)16(3,4)12-18-13(2)11-17/h7-10,13,18H,5-6,12H2,1-4H3. The number of nitrogens with zero attached hydrogens (tertiary/aromatic N) is 1. The van der Waals surface area contributed by atoms with E-state index in [1.165, 1.54) is 17.5 Å². The van der Waals surface area contributed by atoms with Crippen LogP contribution >= 0.6 is 0 Å². The van der Waals surface area contributed by atoms with Crippen molar-refractivity contribution in [2.45, 2.75) is 52.0 Å². The molecule has 98 valence electrons. The molecule has 0 fully saturated rings. The van der Waals surface area contributed by atoms with Crippen LogP contribution in [0.15, 0.2) is 24.3 Å². The quantitative estimate of drug-likeness (QED) is 0.832. The van der Waals surface area contributed by atoms with E-state index in [0.29, 0.717) is 0 Å². The van der Waals surface area contributed by atoms with Crippen molar-refractivity contribution < 1.29 is 0 Å². The van der Waals surface area contributed by atoms with Crippen LogP contribution in [-0.4, -0.2) is 12.6 Å². The molecule has 2 heteroatoms. The Morgan fingerprint density at radius 2 is 1.89 bits per heavy atom. The lowest BCUT2D eigenvalue weighted by Crippen LogP contribution is -2.37. The highest BCUT2D eigenvalue weighted by atomic mass is 14.9. The van der Waals surface area contributed by atoms with Crippen LogP contribution in [0.4, 0.5) is 0 Å². The molecule has 0 aromatic heterocycles. The van der Waals surface area contributed by atoms with E-state index in [-0.39, 0.29) is 11.5 Å². The van der Waals surface area contributed by atoms with Crippen LogP contribution in [0.3, 0.4) is 0 Å². The monoisotopic (exact) mass is 244 g/mol. The Kier molecular flexibility index (Phi) is 5.37. The molecule has 0 aliphatic rings. The lowest BCUT2D eigenvalue weighted by Gasteiger charge is -2.26. The van der Waals surface area contributed by atoms with Crippen molar-refractivity contribution >= 4 is 0 Å². The zero-order valence-corrected chi connectivity index (χ0v) is 12.0. The molecule has 0 heterocycles. The van der Waals surface area contributed by atoms with Gasteiger partial charge in [0.2, 0.25) is 0 Å². The summed E-state index contributed by atoms with van der Waals surface area (Å²) in [6, 6.07) is 11.0. The molecule has 0 saturated heterocycles. The van der Waals surface area contributed by atoms with E-state index in [1.54, 1.807) is 0 Å². The fourth-order valence-electron chi connectivity index (χ4n) is 1.97. The van der Waals surface area contributed by atoms with Crippen molar-refractivity contribution in [2.24, 2.45) is 0 Å². The highest BCUT2D eigenvalue weighted by Crippen LogP contribution is 2.23. The second kappa shape index (κ2) is 6.56. The van der Waals surface area contributed by atoms with Gasteiger partial charge in [0, 0.05) is 12.0 Å². The topological polar surface area (TPSA) is 35.8 Å². The predicted molar refractivity (Wildman–Crippen MR) is 76.5 cm³/mol. The number of benzene rings is 1. The molecule has 1 rings (SSSR count). The largest absolute Gasteiger partial charge is 0.301 e. The SMILES string of the molecule is CCCc1ccc(C(C)(C)CNC(C)C#N)cc1. The Labute approximate surface area is 111 Å². The third-order valence-corrected chi connectivity index (χ3v) is 3.32. The highest BCUT2D eigenvalue weighted by molar-refractivity contribution is 5.28. The molecular weight excluding hydrogens is 220 g/mol. The first-order valence-corrected chi connectivity index (χ1v) is 6.72. The first kappa shape index (κ1) is 14.7. The minimum absolute atomic E-state index is 0.0514. The van der Waals surface area contributed by atoms with E-state index in [0.717, 1.165) is 13.0 Å². The Morgan fingerprint density at radius 1 is 1.28 bits per heavy atom. The minimum Gasteiger partial charge on any atom is -0.301 e. The number of nitriles is 1. The minimum atomic E-state index is -0.0939. The molecule has 0 spiro atoms. The van der Waals surface area contributed by atoms with Gasteiger partial charge in [-0.1, -0.05) is 51.5 Å². The summed E-state index contributed by atoms with van der Waals surface area (Å²) >= 11 is 0.